The van der Waals surface area contributed by atoms with Gasteiger partial charge in [0.05, 0.1) is 0 Å². The van der Waals surface area contributed by atoms with Crippen molar-refractivity contribution < 1.29 is 4.79 Å². The van der Waals surface area contributed by atoms with Crippen LogP contribution in [0.2, 0.25) is 0 Å². The predicted octanol–water partition coefficient (Wildman–Crippen LogP) is 0.923. The third-order valence-electron chi connectivity index (χ3n) is 2.48. The third kappa shape index (κ3) is 1.15. The highest BCUT2D eigenvalue weighted by molar-refractivity contribution is 5.80. The quantitative estimate of drug-likeness (QED) is 0.605. The number of carbonyl (C=O) groups excluding carboxylic acids is 1. The molecule has 1 amide bonds. The molecule has 0 spiro atoms. The van der Waals surface area contributed by atoms with Gasteiger partial charge in [-0.25, -0.2) is 0 Å². The smallest absolute Gasteiger partial charge is 0.223 e. The summed E-state index contributed by atoms with van der Waals surface area (Å²) in [5.74, 6) is 1.56. The zero-order valence-corrected chi connectivity index (χ0v) is 6.10. The van der Waals surface area contributed by atoms with Crippen LogP contribution in [0.3, 0.4) is 0 Å². The molecule has 2 fully saturated rings. The van der Waals surface area contributed by atoms with E-state index in [4.69, 9.17) is 0 Å². The molecule has 0 radical (unpaired) electrons. The first kappa shape index (κ1) is 6.20. The summed E-state index contributed by atoms with van der Waals surface area (Å²) in [6.07, 6.45) is 4.97. The van der Waals surface area contributed by atoms with Crippen LogP contribution in [-0.4, -0.2) is 12.5 Å². The van der Waals surface area contributed by atoms with Crippen LogP contribution >= 0.6 is 0 Å². The van der Waals surface area contributed by atoms with Crippen LogP contribution in [0.4, 0.5) is 0 Å². The molecule has 2 rings (SSSR count). The lowest BCUT2D eigenvalue weighted by Crippen LogP contribution is -2.19. The second-order valence-corrected chi connectivity index (χ2v) is 3.46. The van der Waals surface area contributed by atoms with Crippen LogP contribution in [0.25, 0.3) is 0 Å². The second kappa shape index (κ2) is 2.26. The van der Waals surface area contributed by atoms with Gasteiger partial charge in [0.15, 0.2) is 0 Å². The van der Waals surface area contributed by atoms with Gasteiger partial charge in [0.25, 0.3) is 0 Å². The van der Waals surface area contributed by atoms with Crippen molar-refractivity contribution in [3.63, 3.8) is 0 Å². The van der Waals surface area contributed by atoms with E-state index in [0.29, 0.717) is 11.8 Å². The van der Waals surface area contributed by atoms with Crippen molar-refractivity contribution >= 4 is 5.91 Å². The van der Waals surface area contributed by atoms with Gasteiger partial charge in [0.2, 0.25) is 5.91 Å². The summed E-state index contributed by atoms with van der Waals surface area (Å²) in [5.41, 5.74) is 0. The van der Waals surface area contributed by atoms with E-state index in [0.717, 1.165) is 25.3 Å². The summed E-state index contributed by atoms with van der Waals surface area (Å²) in [6.45, 7) is 0.913. The van der Waals surface area contributed by atoms with E-state index in [1.165, 1.54) is 12.8 Å². The Labute approximate surface area is 61.0 Å². The SMILES string of the molecule is O=C1NCC[C@H]1CC1CC1. The van der Waals surface area contributed by atoms with Crippen LogP contribution in [-0.2, 0) is 4.79 Å². The standard InChI is InChI=1S/C8H13NO/c10-8-7(3-4-9-8)5-6-1-2-6/h6-7H,1-5H2,(H,9,10)/t7-/m0/s1. The van der Waals surface area contributed by atoms with Crippen LogP contribution in [0.1, 0.15) is 25.7 Å². The van der Waals surface area contributed by atoms with Crippen molar-refractivity contribution in [1.82, 2.24) is 5.32 Å². The predicted molar refractivity (Wildman–Crippen MR) is 38.5 cm³/mol. The Kier molecular flexibility index (Phi) is 1.40. The summed E-state index contributed by atoms with van der Waals surface area (Å²) in [7, 11) is 0. The minimum Gasteiger partial charge on any atom is -0.356 e. The molecule has 56 valence electrons. The maximum Gasteiger partial charge on any atom is 0.223 e. The number of amides is 1. The zero-order chi connectivity index (χ0) is 6.97. The number of hydrogen-bond acceptors (Lipinski definition) is 1. The molecule has 1 heterocycles. The first-order chi connectivity index (χ1) is 4.86. The van der Waals surface area contributed by atoms with E-state index in [9.17, 15) is 4.79 Å². The average molecular weight is 139 g/mol. The van der Waals surface area contributed by atoms with Gasteiger partial charge >= 0.3 is 0 Å². The highest BCUT2D eigenvalue weighted by Gasteiger charge is 2.31. The topological polar surface area (TPSA) is 29.1 Å². The third-order valence-corrected chi connectivity index (χ3v) is 2.48. The monoisotopic (exact) mass is 139 g/mol. The summed E-state index contributed by atoms with van der Waals surface area (Å²) >= 11 is 0. The fraction of sp³-hybridized carbons (Fsp3) is 0.875. The highest BCUT2D eigenvalue weighted by atomic mass is 16.2. The van der Waals surface area contributed by atoms with E-state index in [1.807, 2.05) is 0 Å². The molecular formula is C8H13NO. The Morgan fingerprint density at radius 2 is 2.20 bits per heavy atom. The largest absolute Gasteiger partial charge is 0.356 e. The molecule has 0 aromatic rings. The Bertz CT molecular complexity index is 151. The molecule has 0 unspecified atom stereocenters. The molecular weight excluding hydrogens is 126 g/mol. The summed E-state index contributed by atoms with van der Waals surface area (Å²) in [6, 6.07) is 0. The number of rotatable bonds is 2. The maximum absolute atomic E-state index is 11.0. The van der Waals surface area contributed by atoms with Crippen molar-refractivity contribution in [3.8, 4) is 0 Å². The zero-order valence-electron chi connectivity index (χ0n) is 6.10. The minimum atomic E-state index is 0.298. The minimum absolute atomic E-state index is 0.298. The van der Waals surface area contributed by atoms with Crippen molar-refractivity contribution in [1.29, 1.82) is 0 Å². The molecule has 2 heteroatoms. The summed E-state index contributed by atoms with van der Waals surface area (Å²) in [4.78, 5) is 11.0. The van der Waals surface area contributed by atoms with Gasteiger partial charge < -0.3 is 5.32 Å². The lowest BCUT2D eigenvalue weighted by Gasteiger charge is -2.02. The molecule has 1 saturated heterocycles. The van der Waals surface area contributed by atoms with Crippen LogP contribution in [0.5, 0.6) is 0 Å². The van der Waals surface area contributed by atoms with Crippen LogP contribution in [0, 0.1) is 11.8 Å². The van der Waals surface area contributed by atoms with Gasteiger partial charge in [-0.1, -0.05) is 12.8 Å². The lowest BCUT2D eigenvalue weighted by molar-refractivity contribution is -0.122. The average Bonchev–Trinajstić information content (AvgIpc) is 2.62. The normalized spacial score (nSPS) is 32.4. The van der Waals surface area contributed by atoms with Crippen LogP contribution < -0.4 is 5.32 Å². The van der Waals surface area contributed by atoms with Gasteiger partial charge in [0, 0.05) is 12.5 Å². The van der Waals surface area contributed by atoms with E-state index in [-0.39, 0.29) is 0 Å². The molecule has 1 aliphatic heterocycles. The maximum atomic E-state index is 11.0. The second-order valence-electron chi connectivity index (χ2n) is 3.46. The highest BCUT2D eigenvalue weighted by Crippen LogP contribution is 2.36. The number of carbonyl (C=O) groups is 1. The molecule has 1 saturated carbocycles. The summed E-state index contributed by atoms with van der Waals surface area (Å²) < 4.78 is 0. The lowest BCUT2D eigenvalue weighted by atomic mass is 10.0. The first-order valence-corrected chi connectivity index (χ1v) is 4.14. The molecule has 10 heavy (non-hydrogen) atoms. The van der Waals surface area contributed by atoms with Crippen molar-refractivity contribution in [2.75, 3.05) is 6.54 Å². The molecule has 0 aromatic carbocycles. The van der Waals surface area contributed by atoms with E-state index in [2.05, 4.69) is 5.32 Å². The Hall–Kier alpha value is -0.530. The molecule has 1 atom stereocenters. The molecule has 2 nitrogen and oxygen atoms in total. The van der Waals surface area contributed by atoms with E-state index in [1.54, 1.807) is 0 Å². The first-order valence-electron chi connectivity index (χ1n) is 4.14. The van der Waals surface area contributed by atoms with Gasteiger partial charge in [-0.3, -0.25) is 4.79 Å². The molecule has 0 aromatic heterocycles. The van der Waals surface area contributed by atoms with Gasteiger partial charge in [-0.2, -0.15) is 0 Å². The fourth-order valence-corrected chi connectivity index (χ4v) is 1.63. The van der Waals surface area contributed by atoms with Crippen molar-refractivity contribution in [2.45, 2.75) is 25.7 Å². The van der Waals surface area contributed by atoms with Gasteiger partial charge in [-0.15, -0.1) is 0 Å². The van der Waals surface area contributed by atoms with E-state index < -0.39 is 0 Å². The molecule has 1 aliphatic carbocycles. The van der Waals surface area contributed by atoms with Crippen molar-refractivity contribution in [2.24, 2.45) is 11.8 Å². The molecule has 0 bridgehead atoms. The van der Waals surface area contributed by atoms with Crippen LogP contribution in [0.15, 0.2) is 0 Å². The van der Waals surface area contributed by atoms with Gasteiger partial charge in [0.1, 0.15) is 0 Å². The number of hydrogen-bond donors (Lipinski definition) is 1. The fourth-order valence-electron chi connectivity index (χ4n) is 1.63. The van der Waals surface area contributed by atoms with Crippen molar-refractivity contribution in [3.05, 3.63) is 0 Å². The van der Waals surface area contributed by atoms with Gasteiger partial charge in [-0.05, 0) is 18.8 Å². The van der Waals surface area contributed by atoms with E-state index >= 15 is 0 Å². The number of nitrogens with one attached hydrogen (secondary N) is 1. The molecule has 1 N–H and O–H groups in total. The Balaban J connectivity index is 1.84. The summed E-state index contributed by atoms with van der Waals surface area (Å²) in [5, 5.41) is 2.86. The Morgan fingerprint density at radius 3 is 2.70 bits per heavy atom. The Morgan fingerprint density at radius 1 is 1.40 bits per heavy atom. The molecule has 2 aliphatic rings.